The molecule has 9 heavy (non-hydrogen) atoms. The zero-order chi connectivity index (χ0) is 6.53. The summed E-state index contributed by atoms with van der Waals surface area (Å²) in [5.74, 6) is 2.94. The smallest absolute Gasteiger partial charge is 0.0976 e. The van der Waals surface area contributed by atoms with Crippen molar-refractivity contribution in [1.29, 1.82) is 0 Å². The maximum Gasteiger partial charge on any atom is 0.0976 e. The molecule has 0 saturated heterocycles. The summed E-state index contributed by atoms with van der Waals surface area (Å²) in [6, 6.07) is 0. The van der Waals surface area contributed by atoms with Crippen LogP contribution in [0, 0.1) is 11.2 Å². The fourth-order valence-electron chi connectivity index (χ4n) is 0.347. The first-order valence-electron chi connectivity index (χ1n) is 2.10. The third-order valence-corrected chi connectivity index (χ3v) is 2.17. The second kappa shape index (κ2) is 4.14. The van der Waals surface area contributed by atoms with Crippen molar-refractivity contribution in [2.75, 3.05) is 0 Å². The molecule has 0 bridgehead atoms. The predicted molar refractivity (Wildman–Crippen MR) is 50.6 cm³/mol. The Morgan fingerprint density at radius 1 is 1.78 bits per heavy atom. The maximum atomic E-state index is 3.88. The van der Waals surface area contributed by atoms with Gasteiger partial charge in [0.1, 0.15) is 0 Å². The van der Waals surface area contributed by atoms with Crippen LogP contribution in [-0.2, 0) is 0 Å². The number of halogens is 1. The maximum absolute atomic E-state index is 3.88. The van der Waals surface area contributed by atoms with Crippen LogP contribution in [0.25, 0.3) is 0 Å². The van der Waals surface area contributed by atoms with Crippen LogP contribution in [0.5, 0.6) is 0 Å². The van der Waals surface area contributed by atoms with E-state index in [0.717, 1.165) is 4.88 Å². The second-order valence-electron chi connectivity index (χ2n) is 1.17. The van der Waals surface area contributed by atoms with E-state index in [0.29, 0.717) is 0 Å². The molecule has 0 aliphatic carbocycles. The van der Waals surface area contributed by atoms with E-state index < -0.39 is 0 Å². The molecule has 0 aromatic carbocycles. The Morgan fingerprint density at radius 3 is 3.22 bits per heavy atom. The summed E-state index contributed by atoms with van der Waals surface area (Å²) in [6.45, 7) is 0. The van der Waals surface area contributed by atoms with Gasteiger partial charge in [0, 0.05) is 21.2 Å². The summed E-state index contributed by atoms with van der Waals surface area (Å²) in [7, 11) is 1.49. The highest BCUT2D eigenvalue weighted by Gasteiger charge is 1.83. The third kappa shape index (κ3) is 2.56. The Bertz CT molecular complexity index is 221. The van der Waals surface area contributed by atoms with Gasteiger partial charge in [-0.2, -0.15) is 0 Å². The largest absolute Gasteiger partial charge is 0.252 e. The van der Waals surface area contributed by atoms with Crippen molar-refractivity contribution in [2.24, 2.45) is 0 Å². The molecule has 1 heterocycles. The number of hydrogen-bond acceptors (Lipinski definition) is 3. The summed E-state index contributed by atoms with van der Waals surface area (Å²) in [5.41, 5.74) is 1.78. The van der Waals surface area contributed by atoms with Crippen molar-refractivity contribution >= 4 is 41.5 Å². The van der Waals surface area contributed by atoms with Crippen LogP contribution in [0.3, 0.4) is 0 Å². The highest BCUT2D eigenvalue weighted by molar-refractivity contribution is 14.2. The molecule has 0 fully saturated rings. The molecule has 0 aliphatic heterocycles. The number of aromatic nitrogens is 1. The summed E-state index contributed by atoms with van der Waals surface area (Å²) in [4.78, 5) is 4.91. The van der Waals surface area contributed by atoms with E-state index in [4.69, 9.17) is 0 Å². The minimum absolute atomic E-state index is 1.03. The van der Waals surface area contributed by atoms with E-state index in [9.17, 15) is 0 Å². The predicted octanol–water partition coefficient (Wildman–Crippen LogP) is 2.54. The van der Waals surface area contributed by atoms with Gasteiger partial charge in [0.2, 0.25) is 0 Å². The van der Waals surface area contributed by atoms with Crippen LogP contribution < -0.4 is 0 Å². The van der Waals surface area contributed by atoms with E-state index in [1.165, 1.54) is 8.93 Å². The van der Waals surface area contributed by atoms with Gasteiger partial charge in [-0.3, -0.25) is 4.98 Å². The molecule has 0 N–H and O–H groups in total. The van der Waals surface area contributed by atoms with E-state index >= 15 is 0 Å². The minimum atomic E-state index is 1.03. The number of rotatable bonds is 0. The van der Waals surface area contributed by atoms with E-state index in [1.807, 2.05) is 0 Å². The van der Waals surface area contributed by atoms with Crippen molar-refractivity contribution in [1.82, 2.24) is 4.98 Å². The molecular weight excluding hydrogens is 265 g/mol. The summed E-state index contributed by atoms with van der Waals surface area (Å²) in [6.07, 6.45) is 1.77. The zero-order valence-corrected chi connectivity index (χ0v) is 8.09. The Hall–Kier alpha value is 0.270. The van der Waals surface area contributed by atoms with Gasteiger partial charge in [0.15, 0.2) is 0 Å². The van der Waals surface area contributed by atoms with Crippen molar-refractivity contribution in [3.8, 4) is 11.2 Å². The Balaban J connectivity index is 2.67. The Kier molecular flexibility index (Phi) is 3.40. The summed E-state index contributed by atoms with van der Waals surface area (Å²) in [5, 5.41) is 2.87. The topological polar surface area (TPSA) is 12.9 Å². The highest BCUT2D eigenvalue weighted by atomic mass is 127. The lowest BCUT2D eigenvalue weighted by Gasteiger charge is -1.69. The van der Waals surface area contributed by atoms with E-state index in [2.05, 4.69) is 37.4 Å². The molecule has 1 aromatic rings. The molecule has 0 unspecified atom stereocenters. The molecule has 46 valence electrons. The van der Waals surface area contributed by atoms with E-state index in [-0.39, 0.29) is 0 Å². The molecular formula is C5H2INS2. The minimum Gasteiger partial charge on any atom is -0.252 e. The monoisotopic (exact) mass is 267 g/mol. The van der Waals surface area contributed by atoms with Crippen molar-refractivity contribution in [2.45, 2.75) is 0 Å². The average molecular weight is 267 g/mol. The lowest BCUT2D eigenvalue weighted by Crippen LogP contribution is -1.56. The van der Waals surface area contributed by atoms with Crippen molar-refractivity contribution in [3.63, 3.8) is 0 Å². The van der Waals surface area contributed by atoms with Crippen LogP contribution in [-0.4, -0.2) is 4.98 Å². The molecule has 1 aromatic heterocycles. The Labute approximate surface area is 73.9 Å². The van der Waals surface area contributed by atoms with Crippen LogP contribution in [0.4, 0.5) is 0 Å². The molecule has 0 aliphatic rings. The first-order valence-corrected chi connectivity index (χ1v) is 6.34. The van der Waals surface area contributed by atoms with Gasteiger partial charge in [0.25, 0.3) is 0 Å². The second-order valence-corrected chi connectivity index (χ2v) is 3.74. The van der Waals surface area contributed by atoms with Crippen LogP contribution in [0.2, 0.25) is 0 Å². The SMILES string of the molecule is ISC#Cc1cncs1. The van der Waals surface area contributed by atoms with Crippen LogP contribution in [0.15, 0.2) is 11.7 Å². The van der Waals surface area contributed by atoms with Crippen molar-refractivity contribution < 1.29 is 0 Å². The van der Waals surface area contributed by atoms with E-state index in [1.54, 1.807) is 23.0 Å². The third-order valence-electron chi connectivity index (χ3n) is 0.645. The fourth-order valence-corrected chi connectivity index (χ4v) is 1.36. The van der Waals surface area contributed by atoms with Gasteiger partial charge in [-0.1, -0.05) is 0 Å². The van der Waals surface area contributed by atoms with Gasteiger partial charge in [0.05, 0.1) is 16.6 Å². The number of hydrogen-bond donors (Lipinski definition) is 0. The fraction of sp³-hybridized carbons (Fsp3) is 0. The van der Waals surface area contributed by atoms with Crippen molar-refractivity contribution in [3.05, 3.63) is 16.6 Å². The summed E-state index contributed by atoms with van der Waals surface area (Å²) < 4.78 is 0. The van der Waals surface area contributed by atoms with Crippen LogP contribution in [0.1, 0.15) is 4.88 Å². The lowest BCUT2D eigenvalue weighted by molar-refractivity contribution is 1.42. The first-order chi connectivity index (χ1) is 4.43. The van der Waals surface area contributed by atoms with Gasteiger partial charge in [-0.05, 0) is 20.1 Å². The van der Waals surface area contributed by atoms with Gasteiger partial charge in [-0.15, -0.1) is 11.3 Å². The molecule has 0 atom stereocenters. The zero-order valence-electron chi connectivity index (χ0n) is 4.30. The first kappa shape index (κ1) is 7.38. The molecule has 1 rings (SSSR count). The van der Waals surface area contributed by atoms with Gasteiger partial charge in [-0.25, -0.2) is 0 Å². The van der Waals surface area contributed by atoms with Gasteiger partial charge >= 0.3 is 0 Å². The molecule has 0 radical (unpaired) electrons. The quantitative estimate of drug-likeness (QED) is 0.529. The number of thiazole rings is 1. The van der Waals surface area contributed by atoms with Crippen LogP contribution >= 0.6 is 41.5 Å². The molecule has 1 nitrogen and oxygen atoms in total. The highest BCUT2D eigenvalue weighted by Crippen LogP contribution is 2.09. The molecule has 0 spiro atoms. The standard InChI is InChI=1S/C5H2INS2/c6-9-2-1-5-3-7-4-8-5/h3-4H. The normalized spacial score (nSPS) is 8.11. The Morgan fingerprint density at radius 2 is 2.67 bits per heavy atom. The number of nitrogens with zero attached hydrogens (tertiary/aromatic N) is 1. The molecule has 0 saturated carbocycles. The van der Waals surface area contributed by atoms with Gasteiger partial charge < -0.3 is 0 Å². The molecule has 4 heteroatoms. The molecule has 0 amide bonds. The average Bonchev–Trinajstić information content (AvgIpc) is 2.34. The lowest BCUT2D eigenvalue weighted by atomic mass is 10.6. The summed E-state index contributed by atoms with van der Waals surface area (Å²) >= 11 is 3.70.